The van der Waals surface area contributed by atoms with E-state index >= 15 is 0 Å². The zero-order chi connectivity index (χ0) is 13.8. The van der Waals surface area contributed by atoms with Crippen LogP contribution < -0.4 is 10.6 Å². The van der Waals surface area contributed by atoms with Crippen LogP contribution in [0, 0.1) is 5.41 Å². The van der Waals surface area contributed by atoms with Crippen molar-refractivity contribution in [2.75, 3.05) is 23.7 Å². The minimum atomic E-state index is -0.281. The predicted molar refractivity (Wildman–Crippen MR) is 81.3 cm³/mol. The van der Waals surface area contributed by atoms with E-state index in [9.17, 15) is 5.11 Å². The Bertz CT molecular complexity index is 464. The number of rotatable bonds is 4. The molecule has 2 rings (SSSR count). The molecule has 4 nitrogen and oxygen atoms in total. The van der Waals surface area contributed by atoms with Crippen molar-refractivity contribution >= 4 is 23.3 Å². The summed E-state index contributed by atoms with van der Waals surface area (Å²) in [5, 5.41) is 17.7. The summed E-state index contributed by atoms with van der Waals surface area (Å²) in [7, 11) is 0. The van der Waals surface area contributed by atoms with Crippen LogP contribution >= 0.6 is 11.8 Å². The number of aliphatic hydroxyl groups is 1. The lowest BCUT2D eigenvalue weighted by Crippen LogP contribution is -2.39. The van der Waals surface area contributed by atoms with Gasteiger partial charge < -0.3 is 15.7 Å². The highest BCUT2D eigenvalue weighted by Crippen LogP contribution is 2.32. The Labute approximate surface area is 118 Å². The summed E-state index contributed by atoms with van der Waals surface area (Å²) in [6.07, 6.45) is 1.55. The number of nitrogen functional groups attached to an aromatic ring is 1. The number of nitrogens with zero attached hydrogens (tertiary/aromatic N) is 1. The molecule has 0 spiro atoms. The lowest BCUT2D eigenvalue weighted by atomic mass is 10.0. The van der Waals surface area contributed by atoms with Crippen molar-refractivity contribution in [1.82, 2.24) is 0 Å². The largest absolute Gasteiger partial charge is 0.391 e. The van der Waals surface area contributed by atoms with Crippen LogP contribution in [-0.4, -0.2) is 35.9 Å². The molecule has 19 heavy (non-hydrogen) atoms. The van der Waals surface area contributed by atoms with Crippen molar-refractivity contribution in [3.05, 3.63) is 23.8 Å². The molecule has 1 fully saturated rings. The van der Waals surface area contributed by atoms with E-state index in [2.05, 4.69) is 11.8 Å². The number of anilines is 1. The van der Waals surface area contributed by atoms with Gasteiger partial charge in [-0.2, -0.15) is 0 Å². The van der Waals surface area contributed by atoms with E-state index in [0.29, 0.717) is 6.54 Å². The highest BCUT2D eigenvalue weighted by Gasteiger charge is 2.22. The highest BCUT2D eigenvalue weighted by atomic mass is 32.2. The Hall–Kier alpha value is -1.20. The van der Waals surface area contributed by atoms with E-state index in [0.717, 1.165) is 41.3 Å². The number of β-amino-alcohol motifs (C(OH)–C–C–N with tert-alkyl or cyclic N) is 1. The van der Waals surface area contributed by atoms with Crippen LogP contribution in [0.4, 0.5) is 5.69 Å². The summed E-state index contributed by atoms with van der Waals surface area (Å²) in [5.74, 6) is 1.05. The normalized spacial score (nSPS) is 19.5. The van der Waals surface area contributed by atoms with Crippen molar-refractivity contribution in [2.24, 2.45) is 5.73 Å². The molecule has 0 aromatic heterocycles. The van der Waals surface area contributed by atoms with Crippen LogP contribution in [0.3, 0.4) is 0 Å². The minimum absolute atomic E-state index is 0.103. The van der Waals surface area contributed by atoms with Crippen LogP contribution in [0.15, 0.2) is 23.1 Å². The van der Waals surface area contributed by atoms with Crippen molar-refractivity contribution in [3.8, 4) is 0 Å². The number of thioether (sulfide) groups is 1. The van der Waals surface area contributed by atoms with Crippen LogP contribution in [0.5, 0.6) is 0 Å². The van der Waals surface area contributed by atoms with Crippen LogP contribution in [0.25, 0.3) is 0 Å². The minimum Gasteiger partial charge on any atom is -0.391 e. The number of nitrogens with one attached hydrogen (secondary N) is 1. The summed E-state index contributed by atoms with van der Waals surface area (Å²) in [6.45, 7) is 3.63. The first-order chi connectivity index (χ1) is 9.13. The first-order valence-electron chi connectivity index (χ1n) is 6.66. The molecule has 4 N–H and O–H groups in total. The van der Waals surface area contributed by atoms with Crippen LogP contribution in [0.2, 0.25) is 0 Å². The van der Waals surface area contributed by atoms with Gasteiger partial charge in [-0.25, -0.2) is 0 Å². The first kappa shape index (κ1) is 14.2. The Morgan fingerprint density at radius 3 is 3.00 bits per heavy atom. The van der Waals surface area contributed by atoms with E-state index in [1.54, 1.807) is 11.8 Å². The van der Waals surface area contributed by atoms with Crippen LogP contribution in [-0.2, 0) is 0 Å². The number of hydrogen-bond donors (Lipinski definition) is 3. The Morgan fingerprint density at radius 1 is 1.58 bits per heavy atom. The molecule has 0 saturated carbocycles. The van der Waals surface area contributed by atoms with Gasteiger partial charge in [-0.3, -0.25) is 5.41 Å². The molecule has 1 saturated heterocycles. The number of benzene rings is 1. The van der Waals surface area contributed by atoms with Gasteiger partial charge >= 0.3 is 0 Å². The van der Waals surface area contributed by atoms with Crippen molar-refractivity contribution in [2.45, 2.75) is 30.8 Å². The summed E-state index contributed by atoms with van der Waals surface area (Å²) < 4.78 is 0. The van der Waals surface area contributed by atoms with Crippen molar-refractivity contribution in [3.63, 3.8) is 0 Å². The highest BCUT2D eigenvalue weighted by molar-refractivity contribution is 7.99. The topological polar surface area (TPSA) is 73.3 Å². The van der Waals surface area contributed by atoms with Crippen molar-refractivity contribution < 1.29 is 5.11 Å². The van der Waals surface area contributed by atoms with Crippen molar-refractivity contribution in [1.29, 1.82) is 5.41 Å². The summed E-state index contributed by atoms with van der Waals surface area (Å²) in [6, 6.07) is 6.00. The smallest absolute Gasteiger partial charge is 0.126 e. The van der Waals surface area contributed by atoms with Gasteiger partial charge in [0.15, 0.2) is 0 Å². The third kappa shape index (κ3) is 3.22. The summed E-state index contributed by atoms with van der Waals surface area (Å²) in [4.78, 5) is 3.19. The average Bonchev–Trinajstić information content (AvgIpc) is 2.38. The van der Waals surface area contributed by atoms with Gasteiger partial charge in [0.25, 0.3) is 0 Å². The predicted octanol–water partition coefficient (Wildman–Crippen LogP) is 2.04. The fourth-order valence-corrected chi connectivity index (χ4v) is 3.35. The third-order valence-electron chi connectivity index (χ3n) is 3.31. The molecule has 0 radical (unpaired) electrons. The van der Waals surface area contributed by atoms with Gasteiger partial charge in [0.2, 0.25) is 0 Å². The van der Waals surface area contributed by atoms with Gasteiger partial charge in [0, 0.05) is 23.7 Å². The van der Waals surface area contributed by atoms with Crippen LogP contribution in [0.1, 0.15) is 25.3 Å². The maximum Gasteiger partial charge on any atom is 0.126 e. The molecule has 104 valence electrons. The number of aliphatic hydroxyl groups excluding tert-OH is 1. The molecular weight excluding hydrogens is 258 g/mol. The molecule has 1 unspecified atom stereocenters. The van der Waals surface area contributed by atoms with Gasteiger partial charge in [0.1, 0.15) is 5.84 Å². The molecule has 0 aliphatic carbocycles. The summed E-state index contributed by atoms with van der Waals surface area (Å²) in [5.41, 5.74) is 7.55. The van der Waals surface area contributed by atoms with Gasteiger partial charge in [-0.05, 0) is 30.7 Å². The standard InChI is InChI=1S/C14H21N3OS/c1-2-19-12-7-3-6-11(13(12)14(15)16)17-8-4-5-10(18)9-17/h3,6-7,10,18H,2,4-5,8-9H2,1H3,(H3,15,16). The summed E-state index contributed by atoms with van der Waals surface area (Å²) >= 11 is 1.70. The number of nitrogens with two attached hydrogens (primary N) is 1. The van der Waals surface area contributed by atoms with E-state index in [1.807, 2.05) is 18.2 Å². The molecule has 0 amide bonds. The molecule has 0 bridgehead atoms. The lowest BCUT2D eigenvalue weighted by Gasteiger charge is -2.33. The maximum atomic E-state index is 9.81. The molecule has 1 aliphatic rings. The molecule has 1 aromatic rings. The second-order valence-corrected chi connectivity index (χ2v) is 6.04. The fraction of sp³-hybridized carbons (Fsp3) is 0.500. The lowest BCUT2D eigenvalue weighted by molar-refractivity contribution is 0.154. The van der Waals surface area contributed by atoms with Gasteiger partial charge in [0.05, 0.1) is 11.7 Å². The molecular formula is C14H21N3OS. The Kier molecular flexibility index (Phi) is 4.71. The van der Waals surface area contributed by atoms with Gasteiger partial charge in [-0.1, -0.05) is 13.0 Å². The number of hydrogen-bond acceptors (Lipinski definition) is 4. The van der Waals surface area contributed by atoms with Gasteiger partial charge in [-0.15, -0.1) is 11.8 Å². The Morgan fingerprint density at radius 2 is 2.37 bits per heavy atom. The second kappa shape index (κ2) is 6.30. The Balaban J connectivity index is 2.38. The average molecular weight is 279 g/mol. The van der Waals surface area contributed by atoms with E-state index in [-0.39, 0.29) is 11.9 Å². The molecule has 1 aliphatic heterocycles. The zero-order valence-corrected chi connectivity index (χ0v) is 12.0. The quantitative estimate of drug-likeness (QED) is 0.448. The zero-order valence-electron chi connectivity index (χ0n) is 11.2. The number of amidine groups is 1. The monoisotopic (exact) mass is 279 g/mol. The van der Waals surface area contributed by atoms with E-state index in [4.69, 9.17) is 11.1 Å². The molecule has 1 aromatic carbocycles. The fourth-order valence-electron chi connectivity index (χ4n) is 2.50. The molecule has 5 heteroatoms. The first-order valence-corrected chi connectivity index (χ1v) is 7.65. The second-order valence-electron chi connectivity index (χ2n) is 4.74. The molecule has 1 atom stereocenters. The maximum absolute atomic E-state index is 9.81. The van der Waals surface area contributed by atoms with E-state index in [1.165, 1.54) is 0 Å². The third-order valence-corrected chi connectivity index (χ3v) is 4.25. The molecule has 1 heterocycles. The number of piperidine rings is 1. The SMILES string of the molecule is CCSc1cccc(N2CCCC(O)C2)c1C(=N)N. The van der Waals surface area contributed by atoms with E-state index < -0.39 is 0 Å².